The van der Waals surface area contributed by atoms with Gasteiger partial charge in [0.05, 0.1) is 18.5 Å². The molecule has 0 radical (unpaired) electrons. The molecule has 0 fully saturated rings. The van der Waals surface area contributed by atoms with Crippen LogP contribution in [0.5, 0.6) is 5.75 Å². The van der Waals surface area contributed by atoms with Crippen LogP contribution in [-0.4, -0.2) is 17.1 Å². The largest absolute Gasteiger partial charge is 0.497 e. The predicted octanol–water partition coefficient (Wildman–Crippen LogP) is 3.85. The van der Waals surface area contributed by atoms with Crippen LogP contribution in [0.3, 0.4) is 0 Å². The molecule has 0 aromatic heterocycles. The van der Waals surface area contributed by atoms with E-state index >= 15 is 0 Å². The molecular weight excluding hydrogens is 410 g/mol. The first-order valence-corrected chi connectivity index (χ1v) is 10.4. The lowest BCUT2D eigenvalue weighted by atomic mass is 10.0. The van der Waals surface area contributed by atoms with Gasteiger partial charge in [0.25, 0.3) is 0 Å². The maximum Gasteiger partial charge on any atom is 0.237 e. The molecule has 0 spiro atoms. The second-order valence-electron chi connectivity index (χ2n) is 7.54. The van der Waals surface area contributed by atoms with Crippen LogP contribution in [0.25, 0.3) is 11.4 Å². The summed E-state index contributed by atoms with van der Waals surface area (Å²) in [6.07, 6.45) is 0. The third-order valence-corrected chi connectivity index (χ3v) is 5.98. The van der Waals surface area contributed by atoms with Gasteiger partial charge in [0, 0.05) is 27.7 Å². The smallest absolute Gasteiger partial charge is 0.237 e. The highest BCUT2D eigenvalue weighted by Crippen LogP contribution is 2.34. The Morgan fingerprint density at radius 1 is 0.935 bits per heavy atom. The molecule has 2 aliphatic heterocycles. The van der Waals surface area contributed by atoms with E-state index in [-0.39, 0.29) is 5.88 Å². The minimum absolute atomic E-state index is 0.152. The molecule has 5 rings (SSSR count). The molecule has 3 aromatic carbocycles. The first-order valence-electron chi connectivity index (χ1n) is 10.0. The number of aliphatic hydroxyl groups excluding tert-OH is 1. The predicted molar refractivity (Wildman–Crippen MR) is 123 cm³/mol. The fourth-order valence-corrected chi connectivity index (χ4v) is 4.22. The highest BCUT2D eigenvalue weighted by atomic mass is 35.5. The summed E-state index contributed by atoms with van der Waals surface area (Å²) in [5, 5.41) is 15.8. The summed E-state index contributed by atoms with van der Waals surface area (Å²) in [5.74, 6) is 0.971. The summed E-state index contributed by atoms with van der Waals surface area (Å²) in [5.41, 5.74) is 8.02. The number of hydrogen-bond donors (Lipinski definition) is 2. The summed E-state index contributed by atoms with van der Waals surface area (Å²) in [7, 11) is 1.66. The van der Waals surface area contributed by atoms with Crippen LogP contribution < -0.4 is 25.6 Å². The average molecular weight is 432 g/mol. The molecule has 2 aliphatic rings. The van der Waals surface area contributed by atoms with Crippen molar-refractivity contribution in [2.45, 2.75) is 13.5 Å². The zero-order valence-electron chi connectivity index (χ0n) is 17.3. The van der Waals surface area contributed by atoms with Gasteiger partial charge in [-0.2, -0.15) is 0 Å². The van der Waals surface area contributed by atoms with Gasteiger partial charge in [-0.1, -0.05) is 48.0 Å². The molecule has 6 heteroatoms. The fourth-order valence-electron chi connectivity index (χ4n) is 4.10. The van der Waals surface area contributed by atoms with Crippen molar-refractivity contribution in [1.82, 2.24) is 10.3 Å². The average Bonchev–Trinajstić information content (AvgIpc) is 3.15. The van der Waals surface area contributed by atoms with Crippen LogP contribution in [-0.2, 0) is 6.54 Å². The van der Waals surface area contributed by atoms with Crippen LogP contribution in [0.15, 0.2) is 84.4 Å². The van der Waals surface area contributed by atoms with Gasteiger partial charge in [0.1, 0.15) is 11.4 Å². The van der Waals surface area contributed by atoms with E-state index in [1.165, 1.54) is 0 Å². The molecule has 0 amide bonds. The molecule has 0 saturated heterocycles. The van der Waals surface area contributed by atoms with Crippen LogP contribution in [0, 0.1) is 0 Å². The Kier molecular flexibility index (Phi) is 4.75. The first kappa shape index (κ1) is 19.4. The third kappa shape index (κ3) is 3.27. The number of halogens is 1. The van der Waals surface area contributed by atoms with Crippen molar-refractivity contribution in [3.8, 4) is 5.75 Å². The Bertz CT molecular complexity index is 1300. The summed E-state index contributed by atoms with van der Waals surface area (Å²) in [4.78, 5) is 2.15. The second kappa shape index (κ2) is 7.60. The molecule has 3 aromatic rings. The number of aliphatic hydroxyl groups is 1. The Hall–Kier alpha value is -3.57. The van der Waals surface area contributed by atoms with Crippen molar-refractivity contribution in [3.05, 3.63) is 105 Å². The van der Waals surface area contributed by atoms with E-state index in [0.717, 1.165) is 44.5 Å². The second-order valence-corrected chi connectivity index (χ2v) is 7.97. The lowest BCUT2D eigenvalue weighted by molar-refractivity contribution is 0.364. The van der Waals surface area contributed by atoms with Crippen molar-refractivity contribution >= 4 is 28.7 Å². The van der Waals surface area contributed by atoms with Crippen molar-refractivity contribution in [3.63, 3.8) is 0 Å². The zero-order chi connectivity index (χ0) is 21.5. The number of rotatable bonds is 4. The van der Waals surface area contributed by atoms with E-state index in [9.17, 15) is 5.11 Å². The number of hydrogen-bond acceptors (Lipinski definition) is 5. The summed E-state index contributed by atoms with van der Waals surface area (Å²) in [6, 6.07) is 23.6. The normalized spacial score (nSPS) is 15.1. The van der Waals surface area contributed by atoms with Gasteiger partial charge in [-0.25, -0.2) is 5.01 Å². The monoisotopic (exact) mass is 431 g/mol. The molecule has 0 unspecified atom stereocenters. The van der Waals surface area contributed by atoms with E-state index in [2.05, 4.69) is 29.4 Å². The maximum absolute atomic E-state index is 11.3. The SMILES string of the molecule is COc1ccc(CN2C3=C(O)N(c4ccc(Cl)cc4)NC3=c3ccccc3=C2C)cc1. The van der Waals surface area contributed by atoms with Gasteiger partial charge in [0.15, 0.2) is 0 Å². The molecule has 2 heterocycles. The Labute approximate surface area is 185 Å². The minimum atomic E-state index is 0.152. The van der Waals surface area contributed by atoms with Crippen LogP contribution in [0.2, 0.25) is 5.02 Å². The standard InChI is InChI=1S/C25H22ClN3O2/c1-16-21-5-3-4-6-22(21)23-24(28(16)15-17-7-13-20(31-2)14-8-17)25(30)29(27-23)19-11-9-18(26)10-12-19/h3-14,27,30H,15H2,1-2H3. The Morgan fingerprint density at radius 2 is 1.61 bits per heavy atom. The van der Waals surface area contributed by atoms with Gasteiger partial charge in [0.2, 0.25) is 5.88 Å². The van der Waals surface area contributed by atoms with Gasteiger partial charge in [-0.3, -0.25) is 5.43 Å². The quantitative estimate of drug-likeness (QED) is 0.657. The van der Waals surface area contributed by atoms with Crippen LogP contribution in [0.4, 0.5) is 5.69 Å². The van der Waals surface area contributed by atoms with Gasteiger partial charge in [-0.15, -0.1) is 0 Å². The van der Waals surface area contributed by atoms with E-state index < -0.39 is 0 Å². The number of anilines is 1. The Morgan fingerprint density at radius 3 is 2.29 bits per heavy atom. The topological polar surface area (TPSA) is 48.0 Å². The third-order valence-electron chi connectivity index (χ3n) is 5.73. The number of hydrazine groups is 1. The van der Waals surface area contributed by atoms with Gasteiger partial charge in [-0.05, 0) is 48.9 Å². The lowest BCUT2D eigenvalue weighted by Gasteiger charge is -2.29. The van der Waals surface area contributed by atoms with E-state index in [1.807, 2.05) is 60.7 Å². The van der Waals surface area contributed by atoms with E-state index in [4.69, 9.17) is 16.3 Å². The van der Waals surface area contributed by atoms with Crippen molar-refractivity contribution in [1.29, 1.82) is 0 Å². The molecule has 31 heavy (non-hydrogen) atoms. The molecular formula is C25H22ClN3O2. The summed E-state index contributed by atoms with van der Waals surface area (Å²) < 4.78 is 5.29. The van der Waals surface area contributed by atoms with E-state index in [1.54, 1.807) is 12.1 Å². The zero-order valence-corrected chi connectivity index (χ0v) is 18.0. The number of nitrogens with one attached hydrogen (secondary N) is 1. The first-order chi connectivity index (χ1) is 15.1. The lowest BCUT2D eigenvalue weighted by Crippen LogP contribution is -2.43. The van der Waals surface area contributed by atoms with Gasteiger partial charge >= 0.3 is 0 Å². The van der Waals surface area contributed by atoms with Crippen LogP contribution >= 0.6 is 11.6 Å². The highest BCUT2D eigenvalue weighted by Gasteiger charge is 2.35. The number of fused-ring (bicyclic) bond motifs is 2. The molecule has 0 saturated carbocycles. The fraction of sp³-hybridized carbons (Fsp3) is 0.120. The molecule has 0 bridgehead atoms. The van der Waals surface area contributed by atoms with Gasteiger partial charge < -0.3 is 14.7 Å². The summed E-state index contributed by atoms with van der Waals surface area (Å²) >= 11 is 6.06. The number of nitrogens with zero attached hydrogens (tertiary/aromatic N) is 2. The van der Waals surface area contributed by atoms with Crippen LogP contribution in [0.1, 0.15) is 12.5 Å². The van der Waals surface area contributed by atoms with Crippen molar-refractivity contribution in [2.75, 3.05) is 12.1 Å². The Balaban J connectivity index is 1.65. The number of benzene rings is 3. The molecule has 0 atom stereocenters. The van der Waals surface area contributed by atoms with Crippen molar-refractivity contribution < 1.29 is 9.84 Å². The van der Waals surface area contributed by atoms with E-state index in [0.29, 0.717) is 11.6 Å². The maximum atomic E-state index is 11.3. The highest BCUT2D eigenvalue weighted by molar-refractivity contribution is 6.30. The van der Waals surface area contributed by atoms with Crippen molar-refractivity contribution in [2.24, 2.45) is 0 Å². The number of ether oxygens (including phenoxy) is 1. The summed E-state index contributed by atoms with van der Waals surface area (Å²) in [6.45, 7) is 2.70. The molecule has 2 N–H and O–H groups in total. The minimum Gasteiger partial charge on any atom is -0.497 e. The molecule has 0 aliphatic carbocycles. The molecule has 5 nitrogen and oxygen atoms in total. The number of methoxy groups -OCH3 is 1. The molecule has 156 valence electrons.